The van der Waals surface area contributed by atoms with Gasteiger partial charge >= 0.3 is 0 Å². The molecule has 0 unspecified atom stereocenters. The lowest BCUT2D eigenvalue weighted by molar-refractivity contribution is 0.174. The average molecular weight is 284 g/mol. The third-order valence-corrected chi connectivity index (χ3v) is 3.51. The van der Waals surface area contributed by atoms with Crippen molar-refractivity contribution in [3.8, 4) is 11.5 Å². The van der Waals surface area contributed by atoms with Gasteiger partial charge in [-0.25, -0.2) is 9.97 Å². The van der Waals surface area contributed by atoms with E-state index in [0.717, 1.165) is 28.7 Å². The first-order valence-electron chi connectivity index (χ1n) is 7.08. The van der Waals surface area contributed by atoms with Gasteiger partial charge in [-0.1, -0.05) is 6.07 Å². The zero-order valence-corrected chi connectivity index (χ0v) is 11.5. The highest BCUT2D eigenvalue weighted by molar-refractivity contribution is 5.49. The Balaban J connectivity index is 1.41. The lowest BCUT2D eigenvalue weighted by Crippen LogP contribution is -2.06. The quantitative estimate of drug-likeness (QED) is 0.878. The number of benzene rings is 1. The van der Waals surface area contributed by atoms with Crippen LogP contribution in [0.5, 0.6) is 11.5 Å². The van der Waals surface area contributed by atoms with E-state index in [0.29, 0.717) is 19.4 Å². The zero-order valence-electron chi connectivity index (χ0n) is 11.5. The van der Waals surface area contributed by atoms with Crippen molar-refractivity contribution in [3.63, 3.8) is 0 Å². The molecule has 2 aliphatic rings. The smallest absolute Gasteiger partial charge is 0.231 e. The van der Waals surface area contributed by atoms with Crippen LogP contribution in [-0.4, -0.2) is 22.8 Å². The minimum atomic E-state index is 0.300. The molecule has 108 valence electrons. The van der Waals surface area contributed by atoms with Crippen LogP contribution in [0.15, 0.2) is 30.6 Å². The van der Waals surface area contributed by atoms with Crippen molar-refractivity contribution in [1.29, 1.82) is 0 Å². The monoisotopic (exact) mass is 284 g/mol. The summed E-state index contributed by atoms with van der Waals surface area (Å²) in [5, 5.41) is 6.66. The molecule has 0 amide bonds. The summed E-state index contributed by atoms with van der Waals surface area (Å²) in [6.07, 6.45) is 4.03. The third-order valence-electron chi connectivity index (χ3n) is 3.51. The third kappa shape index (κ3) is 2.84. The summed E-state index contributed by atoms with van der Waals surface area (Å²) in [5.74, 6) is 3.29. The molecule has 0 bridgehead atoms. The van der Waals surface area contributed by atoms with Crippen molar-refractivity contribution in [2.45, 2.75) is 25.4 Å². The second-order valence-corrected chi connectivity index (χ2v) is 5.25. The Morgan fingerprint density at radius 2 is 1.90 bits per heavy atom. The maximum absolute atomic E-state index is 5.38. The molecular weight excluding hydrogens is 268 g/mol. The lowest BCUT2D eigenvalue weighted by Gasteiger charge is -2.08. The van der Waals surface area contributed by atoms with E-state index in [-0.39, 0.29) is 0 Å². The fraction of sp³-hybridized carbons (Fsp3) is 0.333. The highest BCUT2D eigenvalue weighted by Gasteiger charge is 2.21. The van der Waals surface area contributed by atoms with Crippen LogP contribution >= 0.6 is 0 Å². The number of hydrogen-bond acceptors (Lipinski definition) is 6. The first kappa shape index (κ1) is 12.3. The van der Waals surface area contributed by atoms with Gasteiger partial charge in [-0.3, -0.25) is 0 Å². The molecule has 2 N–H and O–H groups in total. The minimum Gasteiger partial charge on any atom is -0.454 e. The van der Waals surface area contributed by atoms with Crippen molar-refractivity contribution < 1.29 is 9.47 Å². The van der Waals surface area contributed by atoms with Gasteiger partial charge in [0.15, 0.2) is 11.5 Å². The van der Waals surface area contributed by atoms with Gasteiger partial charge in [0.25, 0.3) is 0 Å². The van der Waals surface area contributed by atoms with Crippen LogP contribution in [0.2, 0.25) is 0 Å². The van der Waals surface area contributed by atoms with Crippen molar-refractivity contribution in [2.24, 2.45) is 0 Å². The van der Waals surface area contributed by atoms with E-state index in [1.807, 2.05) is 24.3 Å². The van der Waals surface area contributed by atoms with Gasteiger partial charge in [-0.2, -0.15) is 0 Å². The van der Waals surface area contributed by atoms with Gasteiger partial charge in [0.05, 0.1) is 0 Å². The van der Waals surface area contributed by atoms with Gasteiger partial charge in [0.1, 0.15) is 18.0 Å². The second-order valence-electron chi connectivity index (χ2n) is 5.25. The molecule has 6 heteroatoms. The molecule has 1 fully saturated rings. The van der Waals surface area contributed by atoms with Crippen molar-refractivity contribution >= 4 is 11.6 Å². The molecule has 0 saturated heterocycles. The van der Waals surface area contributed by atoms with Crippen LogP contribution in [0.25, 0.3) is 0 Å². The van der Waals surface area contributed by atoms with E-state index in [2.05, 4.69) is 20.6 Å². The highest BCUT2D eigenvalue weighted by Crippen LogP contribution is 2.32. The van der Waals surface area contributed by atoms with Gasteiger partial charge < -0.3 is 20.1 Å². The Morgan fingerprint density at radius 1 is 1.05 bits per heavy atom. The van der Waals surface area contributed by atoms with Gasteiger partial charge in [-0.15, -0.1) is 0 Å². The van der Waals surface area contributed by atoms with Crippen LogP contribution in [0.3, 0.4) is 0 Å². The van der Waals surface area contributed by atoms with Crippen LogP contribution in [-0.2, 0) is 6.54 Å². The number of aromatic nitrogens is 2. The van der Waals surface area contributed by atoms with E-state index >= 15 is 0 Å². The maximum atomic E-state index is 5.38. The maximum Gasteiger partial charge on any atom is 0.231 e. The summed E-state index contributed by atoms with van der Waals surface area (Å²) in [6, 6.07) is 8.46. The van der Waals surface area contributed by atoms with Crippen LogP contribution in [0.4, 0.5) is 11.6 Å². The summed E-state index contributed by atoms with van der Waals surface area (Å²) in [7, 11) is 0. The summed E-state index contributed by atoms with van der Waals surface area (Å²) in [6.45, 7) is 0.977. The number of hydrogen-bond donors (Lipinski definition) is 2. The van der Waals surface area contributed by atoms with Crippen LogP contribution in [0.1, 0.15) is 18.4 Å². The Morgan fingerprint density at radius 3 is 2.81 bits per heavy atom. The van der Waals surface area contributed by atoms with Crippen LogP contribution < -0.4 is 20.1 Å². The molecule has 1 aliphatic carbocycles. The molecule has 21 heavy (non-hydrogen) atoms. The first-order chi connectivity index (χ1) is 10.4. The molecule has 2 heterocycles. The van der Waals surface area contributed by atoms with Gasteiger partial charge in [0, 0.05) is 18.7 Å². The molecule has 1 aromatic heterocycles. The van der Waals surface area contributed by atoms with E-state index in [4.69, 9.17) is 9.47 Å². The van der Waals surface area contributed by atoms with E-state index in [1.54, 1.807) is 6.33 Å². The summed E-state index contributed by atoms with van der Waals surface area (Å²) in [5.41, 5.74) is 1.12. The molecule has 0 atom stereocenters. The number of ether oxygens (including phenoxy) is 2. The first-order valence-corrected chi connectivity index (χ1v) is 7.08. The normalized spacial score (nSPS) is 15.8. The fourth-order valence-corrected chi connectivity index (χ4v) is 2.21. The fourth-order valence-electron chi connectivity index (χ4n) is 2.21. The Hall–Kier alpha value is -2.50. The predicted molar refractivity (Wildman–Crippen MR) is 78.6 cm³/mol. The Bertz CT molecular complexity index is 658. The SMILES string of the molecule is c1nc(NCc2ccc3c(c2)OCO3)cc(NC2CC2)n1. The molecule has 1 aromatic carbocycles. The van der Waals surface area contributed by atoms with Crippen molar-refractivity contribution in [3.05, 3.63) is 36.2 Å². The predicted octanol–water partition coefficient (Wildman–Crippen LogP) is 2.39. The van der Waals surface area contributed by atoms with Gasteiger partial charge in [-0.05, 0) is 30.5 Å². The van der Waals surface area contributed by atoms with Crippen LogP contribution in [0, 0.1) is 0 Å². The molecule has 6 nitrogen and oxygen atoms in total. The molecule has 0 radical (unpaired) electrons. The number of nitrogens with zero attached hydrogens (tertiary/aromatic N) is 2. The van der Waals surface area contributed by atoms with E-state index < -0.39 is 0 Å². The zero-order chi connectivity index (χ0) is 14.1. The van der Waals surface area contributed by atoms with E-state index in [9.17, 15) is 0 Å². The number of rotatable bonds is 5. The Kier molecular flexibility index (Phi) is 2.99. The average Bonchev–Trinajstić information content (AvgIpc) is 3.19. The molecular formula is C15H16N4O2. The number of fused-ring (bicyclic) bond motifs is 1. The van der Waals surface area contributed by atoms with Crippen molar-refractivity contribution in [1.82, 2.24) is 9.97 Å². The second kappa shape index (κ2) is 5.12. The summed E-state index contributed by atoms with van der Waals surface area (Å²) in [4.78, 5) is 8.46. The Labute approximate surface area is 122 Å². The lowest BCUT2D eigenvalue weighted by atomic mass is 10.2. The standard InChI is InChI=1S/C15H16N4O2/c1-4-12-13(21-9-20-12)5-10(1)7-16-14-6-15(18-8-17-14)19-11-2-3-11/h1,4-6,8,11H,2-3,7,9H2,(H2,16,17,18,19). The molecule has 1 aliphatic heterocycles. The largest absolute Gasteiger partial charge is 0.454 e. The molecule has 1 saturated carbocycles. The minimum absolute atomic E-state index is 0.300. The number of anilines is 2. The van der Waals surface area contributed by atoms with Crippen molar-refractivity contribution in [2.75, 3.05) is 17.4 Å². The van der Waals surface area contributed by atoms with Gasteiger partial charge in [0.2, 0.25) is 6.79 Å². The highest BCUT2D eigenvalue weighted by atomic mass is 16.7. The topological polar surface area (TPSA) is 68.3 Å². The van der Waals surface area contributed by atoms with E-state index in [1.165, 1.54) is 12.8 Å². The summed E-state index contributed by atoms with van der Waals surface area (Å²) >= 11 is 0. The molecule has 4 rings (SSSR count). The molecule has 2 aromatic rings. The summed E-state index contributed by atoms with van der Waals surface area (Å²) < 4.78 is 10.7. The molecule has 0 spiro atoms. The number of nitrogens with one attached hydrogen (secondary N) is 2.